The monoisotopic (exact) mass is 236 g/mol. The van der Waals surface area contributed by atoms with Crippen molar-refractivity contribution in [3.63, 3.8) is 0 Å². The van der Waals surface area contributed by atoms with Gasteiger partial charge in [0, 0.05) is 38.1 Å². The molecule has 1 fully saturated rings. The number of amides is 1. The van der Waals surface area contributed by atoms with E-state index in [2.05, 4.69) is 29.2 Å². The van der Waals surface area contributed by atoms with Gasteiger partial charge in [-0.2, -0.15) is 0 Å². The van der Waals surface area contributed by atoms with E-state index in [1.165, 1.54) is 12.7 Å². The Morgan fingerprint density at radius 3 is 2.76 bits per heavy atom. The third-order valence-corrected chi connectivity index (χ3v) is 2.78. The van der Waals surface area contributed by atoms with Crippen molar-refractivity contribution in [1.82, 2.24) is 15.2 Å². The number of nitrogens with two attached hydrogens (primary N) is 1. The molecule has 1 aliphatic heterocycles. The molecule has 2 heterocycles. The molecule has 1 unspecified atom stereocenters. The van der Waals surface area contributed by atoms with Gasteiger partial charge in [0.05, 0.1) is 5.56 Å². The zero-order valence-electron chi connectivity index (χ0n) is 10.4. The molecule has 1 amide bonds. The Morgan fingerprint density at radius 1 is 1.65 bits per heavy atom. The molecular formula is C12H20N4O. The lowest BCUT2D eigenvalue weighted by Gasteiger charge is -2.29. The Hall–Kier alpha value is -1.46. The van der Waals surface area contributed by atoms with Crippen LogP contribution in [0, 0.1) is 0 Å². The van der Waals surface area contributed by atoms with Crippen LogP contribution in [0.15, 0.2) is 24.5 Å². The molecule has 0 aromatic carbocycles. The van der Waals surface area contributed by atoms with Gasteiger partial charge in [-0.1, -0.05) is 0 Å². The van der Waals surface area contributed by atoms with Gasteiger partial charge in [-0.25, -0.2) is 0 Å². The standard InChI is InChI=1S/C6H6N2O.C6H14N2/c7-6(9)5-2-1-3-8-4-5;1-6-5-7-3-4-8(6)2/h1-4H,(H2,7,9);6-7H,3-5H2,1-2H3. The highest BCUT2D eigenvalue weighted by Crippen LogP contribution is 1.95. The zero-order valence-corrected chi connectivity index (χ0v) is 10.4. The second kappa shape index (κ2) is 6.98. The third kappa shape index (κ3) is 4.93. The Balaban J connectivity index is 0.000000171. The molecule has 17 heavy (non-hydrogen) atoms. The normalized spacial score (nSPS) is 20.2. The fourth-order valence-corrected chi connectivity index (χ4v) is 1.45. The maximum atomic E-state index is 10.4. The number of carbonyl (C=O) groups excluding carboxylic acids is 1. The lowest BCUT2D eigenvalue weighted by molar-refractivity contribution is 0.1000. The van der Waals surface area contributed by atoms with E-state index in [9.17, 15) is 4.79 Å². The second-order valence-electron chi connectivity index (χ2n) is 4.14. The zero-order chi connectivity index (χ0) is 12.7. The van der Waals surface area contributed by atoms with Crippen LogP contribution in [-0.2, 0) is 0 Å². The predicted octanol–water partition coefficient (Wildman–Crippen LogP) is 0.0904. The fourth-order valence-electron chi connectivity index (χ4n) is 1.45. The Kier molecular flexibility index (Phi) is 5.59. The summed E-state index contributed by atoms with van der Waals surface area (Å²) < 4.78 is 0. The molecule has 1 aromatic rings. The summed E-state index contributed by atoms with van der Waals surface area (Å²) in [6.07, 6.45) is 3.02. The van der Waals surface area contributed by atoms with E-state index in [-0.39, 0.29) is 0 Å². The fraction of sp³-hybridized carbons (Fsp3) is 0.500. The van der Waals surface area contributed by atoms with Crippen LogP contribution in [0.1, 0.15) is 17.3 Å². The number of primary amides is 1. The van der Waals surface area contributed by atoms with E-state index >= 15 is 0 Å². The quantitative estimate of drug-likeness (QED) is 0.725. The van der Waals surface area contributed by atoms with E-state index in [0.29, 0.717) is 5.56 Å². The summed E-state index contributed by atoms with van der Waals surface area (Å²) in [5.41, 5.74) is 5.38. The molecule has 1 atom stereocenters. The minimum Gasteiger partial charge on any atom is -0.366 e. The smallest absolute Gasteiger partial charge is 0.250 e. The molecule has 0 saturated carbocycles. The topological polar surface area (TPSA) is 71.2 Å². The largest absolute Gasteiger partial charge is 0.366 e. The number of nitrogens with zero attached hydrogens (tertiary/aromatic N) is 2. The molecule has 0 radical (unpaired) electrons. The number of hydrogen-bond acceptors (Lipinski definition) is 4. The Labute approximate surface area is 102 Å². The highest BCUT2D eigenvalue weighted by Gasteiger charge is 2.11. The summed E-state index contributed by atoms with van der Waals surface area (Å²) in [7, 11) is 2.17. The third-order valence-electron chi connectivity index (χ3n) is 2.78. The predicted molar refractivity (Wildman–Crippen MR) is 67.7 cm³/mol. The van der Waals surface area contributed by atoms with Gasteiger partial charge in [-0.15, -0.1) is 0 Å². The summed E-state index contributed by atoms with van der Waals surface area (Å²) in [5.74, 6) is -0.442. The number of aromatic nitrogens is 1. The molecular weight excluding hydrogens is 216 g/mol. The van der Waals surface area contributed by atoms with E-state index in [0.717, 1.165) is 19.1 Å². The van der Waals surface area contributed by atoms with Crippen LogP contribution in [0.25, 0.3) is 0 Å². The van der Waals surface area contributed by atoms with Gasteiger partial charge in [0.2, 0.25) is 5.91 Å². The summed E-state index contributed by atoms with van der Waals surface area (Å²) in [6, 6.07) is 4.01. The summed E-state index contributed by atoms with van der Waals surface area (Å²) in [6.45, 7) is 5.74. The first-order chi connectivity index (χ1) is 8.11. The number of likely N-dealkylation sites (N-methyl/N-ethyl adjacent to an activating group) is 1. The van der Waals surface area contributed by atoms with Crippen LogP contribution in [0.4, 0.5) is 0 Å². The minimum atomic E-state index is -0.442. The van der Waals surface area contributed by atoms with Crippen molar-refractivity contribution >= 4 is 5.91 Å². The van der Waals surface area contributed by atoms with Crippen LogP contribution in [0.2, 0.25) is 0 Å². The van der Waals surface area contributed by atoms with E-state index < -0.39 is 5.91 Å². The molecule has 1 saturated heterocycles. The second-order valence-corrected chi connectivity index (χ2v) is 4.14. The van der Waals surface area contributed by atoms with Crippen LogP contribution < -0.4 is 11.1 Å². The van der Waals surface area contributed by atoms with Gasteiger partial charge in [0.15, 0.2) is 0 Å². The van der Waals surface area contributed by atoms with Gasteiger partial charge < -0.3 is 16.0 Å². The van der Waals surface area contributed by atoms with E-state index in [4.69, 9.17) is 5.73 Å². The van der Waals surface area contributed by atoms with Gasteiger partial charge in [0.1, 0.15) is 0 Å². The first-order valence-electron chi connectivity index (χ1n) is 5.72. The Bertz CT molecular complexity index is 332. The van der Waals surface area contributed by atoms with E-state index in [1.807, 2.05) is 0 Å². The first-order valence-corrected chi connectivity index (χ1v) is 5.72. The van der Waals surface area contributed by atoms with Crippen molar-refractivity contribution < 1.29 is 4.79 Å². The molecule has 5 nitrogen and oxygen atoms in total. The molecule has 94 valence electrons. The molecule has 0 spiro atoms. The van der Waals surface area contributed by atoms with Crippen molar-refractivity contribution in [2.45, 2.75) is 13.0 Å². The molecule has 5 heteroatoms. The maximum absolute atomic E-state index is 10.4. The molecule has 1 aliphatic rings. The average molecular weight is 236 g/mol. The van der Waals surface area contributed by atoms with Crippen LogP contribution >= 0.6 is 0 Å². The first kappa shape index (κ1) is 13.6. The van der Waals surface area contributed by atoms with Crippen LogP contribution in [-0.4, -0.2) is 48.5 Å². The minimum absolute atomic E-state index is 0.442. The number of hydrogen-bond donors (Lipinski definition) is 2. The number of rotatable bonds is 1. The highest BCUT2D eigenvalue weighted by atomic mass is 16.1. The van der Waals surface area contributed by atoms with Crippen molar-refractivity contribution in [1.29, 1.82) is 0 Å². The van der Waals surface area contributed by atoms with Gasteiger partial charge in [-0.05, 0) is 26.1 Å². The lowest BCUT2D eigenvalue weighted by Crippen LogP contribution is -2.47. The number of carbonyl (C=O) groups is 1. The van der Waals surface area contributed by atoms with Gasteiger partial charge >= 0.3 is 0 Å². The molecule has 2 rings (SSSR count). The van der Waals surface area contributed by atoms with E-state index in [1.54, 1.807) is 18.3 Å². The highest BCUT2D eigenvalue weighted by molar-refractivity contribution is 5.92. The van der Waals surface area contributed by atoms with Crippen molar-refractivity contribution in [2.75, 3.05) is 26.7 Å². The van der Waals surface area contributed by atoms with Crippen molar-refractivity contribution in [3.8, 4) is 0 Å². The van der Waals surface area contributed by atoms with Gasteiger partial charge in [0.25, 0.3) is 0 Å². The molecule has 0 aliphatic carbocycles. The van der Waals surface area contributed by atoms with Crippen molar-refractivity contribution in [3.05, 3.63) is 30.1 Å². The Morgan fingerprint density at radius 2 is 2.41 bits per heavy atom. The summed E-state index contributed by atoms with van der Waals surface area (Å²) in [4.78, 5) is 16.5. The maximum Gasteiger partial charge on any atom is 0.250 e. The number of pyridine rings is 1. The molecule has 1 aromatic heterocycles. The summed E-state index contributed by atoms with van der Waals surface area (Å²) >= 11 is 0. The molecule has 0 bridgehead atoms. The SMILES string of the molecule is CC1CNCCN1C.NC(=O)c1cccnc1. The van der Waals surface area contributed by atoms with Crippen LogP contribution in [0.5, 0.6) is 0 Å². The summed E-state index contributed by atoms with van der Waals surface area (Å²) in [5, 5.41) is 3.32. The molecule has 3 N–H and O–H groups in total. The number of piperazine rings is 1. The van der Waals surface area contributed by atoms with Gasteiger partial charge in [-0.3, -0.25) is 9.78 Å². The van der Waals surface area contributed by atoms with Crippen molar-refractivity contribution in [2.24, 2.45) is 5.73 Å². The lowest BCUT2D eigenvalue weighted by atomic mass is 10.2. The van der Waals surface area contributed by atoms with Crippen LogP contribution in [0.3, 0.4) is 0 Å². The number of nitrogens with one attached hydrogen (secondary N) is 1. The average Bonchev–Trinajstić information content (AvgIpc) is 2.35.